The number of nitrogens with zero attached hydrogens (tertiary/aromatic N) is 2. The maximum atomic E-state index is 13.4. The van der Waals surface area contributed by atoms with Gasteiger partial charge in [-0.25, -0.2) is 0 Å². The van der Waals surface area contributed by atoms with Gasteiger partial charge in [0.05, 0.1) is 13.0 Å². The zero-order valence-electron chi connectivity index (χ0n) is 20.2. The summed E-state index contributed by atoms with van der Waals surface area (Å²) in [5, 5.41) is 0. The van der Waals surface area contributed by atoms with Gasteiger partial charge in [-0.15, -0.1) is 0 Å². The summed E-state index contributed by atoms with van der Waals surface area (Å²) in [6, 6.07) is 35.2. The molecule has 0 unspecified atom stereocenters. The van der Waals surface area contributed by atoms with Gasteiger partial charge in [0.15, 0.2) is 0 Å². The standard InChI is InChI=1S/C31H30N2O2/c1-24-10-9-13-27(20-24)23-33(31(35)28-14-7-4-8-15-28)29-18-16-25(17-19-29)21-30(34)32(2)22-26-11-5-3-6-12-26/h3-20H,21-23H2,1-2H3. The van der Waals surface area contributed by atoms with Crippen molar-refractivity contribution in [3.8, 4) is 0 Å². The Morgan fingerprint density at radius 1 is 0.657 bits per heavy atom. The Labute approximate surface area is 207 Å². The molecule has 4 heteroatoms. The second-order valence-corrected chi connectivity index (χ2v) is 8.82. The Hall–Kier alpha value is -4.18. The Kier molecular flexibility index (Phi) is 7.74. The number of anilines is 1. The Morgan fingerprint density at radius 3 is 1.94 bits per heavy atom. The summed E-state index contributed by atoms with van der Waals surface area (Å²) in [6.07, 6.45) is 0.314. The molecule has 0 radical (unpaired) electrons. The number of aryl methyl sites for hydroxylation is 1. The van der Waals surface area contributed by atoms with Crippen molar-refractivity contribution in [1.29, 1.82) is 0 Å². The highest BCUT2D eigenvalue weighted by Gasteiger charge is 2.19. The summed E-state index contributed by atoms with van der Waals surface area (Å²) < 4.78 is 0. The van der Waals surface area contributed by atoms with Gasteiger partial charge in [0.1, 0.15) is 0 Å². The van der Waals surface area contributed by atoms with Crippen LogP contribution in [0.2, 0.25) is 0 Å². The summed E-state index contributed by atoms with van der Waals surface area (Å²) >= 11 is 0. The molecule has 0 fully saturated rings. The summed E-state index contributed by atoms with van der Waals surface area (Å²) in [4.78, 5) is 29.7. The smallest absolute Gasteiger partial charge is 0.258 e. The largest absolute Gasteiger partial charge is 0.341 e. The maximum absolute atomic E-state index is 13.4. The van der Waals surface area contributed by atoms with Gasteiger partial charge in [-0.05, 0) is 47.9 Å². The monoisotopic (exact) mass is 462 g/mol. The molecule has 0 saturated carbocycles. The molecule has 0 heterocycles. The fraction of sp³-hybridized carbons (Fsp3) is 0.161. The van der Waals surface area contributed by atoms with Crippen LogP contribution in [0.1, 0.15) is 32.6 Å². The minimum absolute atomic E-state index is 0.0542. The average Bonchev–Trinajstić information content (AvgIpc) is 2.88. The first kappa shape index (κ1) is 24.0. The molecule has 4 aromatic rings. The van der Waals surface area contributed by atoms with E-state index in [2.05, 4.69) is 6.07 Å². The maximum Gasteiger partial charge on any atom is 0.258 e. The van der Waals surface area contributed by atoms with Crippen molar-refractivity contribution in [2.45, 2.75) is 26.4 Å². The highest BCUT2D eigenvalue weighted by molar-refractivity contribution is 6.06. The van der Waals surface area contributed by atoms with Crippen LogP contribution in [-0.4, -0.2) is 23.8 Å². The molecule has 35 heavy (non-hydrogen) atoms. The van der Waals surface area contributed by atoms with Crippen LogP contribution in [0, 0.1) is 6.92 Å². The topological polar surface area (TPSA) is 40.6 Å². The van der Waals surface area contributed by atoms with E-state index in [1.165, 1.54) is 0 Å². The number of hydrogen-bond acceptors (Lipinski definition) is 2. The molecule has 4 nitrogen and oxygen atoms in total. The molecule has 0 aliphatic carbocycles. The third-order valence-electron chi connectivity index (χ3n) is 5.98. The summed E-state index contributed by atoms with van der Waals surface area (Å²) in [5.74, 6) is -0.00268. The molecule has 0 aliphatic rings. The summed E-state index contributed by atoms with van der Waals surface area (Å²) in [6.45, 7) is 3.09. The predicted octanol–water partition coefficient (Wildman–Crippen LogP) is 6.04. The van der Waals surface area contributed by atoms with Gasteiger partial charge >= 0.3 is 0 Å². The first-order valence-corrected chi connectivity index (χ1v) is 11.8. The van der Waals surface area contributed by atoms with Crippen LogP contribution in [0.25, 0.3) is 0 Å². The second-order valence-electron chi connectivity index (χ2n) is 8.82. The third kappa shape index (κ3) is 6.45. The zero-order valence-corrected chi connectivity index (χ0v) is 20.2. The molecule has 0 aliphatic heterocycles. The van der Waals surface area contributed by atoms with Gasteiger partial charge < -0.3 is 9.80 Å². The number of carbonyl (C=O) groups excluding carboxylic acids is 2. The lowest BCUT2D eigenvalue weighted by atomic mass is 10.1. The second kappa shape index (κ2) is 11.3. The van der Waals surface area contributed by atoms with Gasteiger partial charge in [-0.3, -0.25) is 9.59 Å². The van der Waals surface area contributed by atoms with E-state index in [9.17, 15) is 9.59 Å². The number of carbonyl (C=O) groups is 2. The van der Waals surface area contributed by atoms with Crippen LogP contribution in [-0.2, 0) is 24.3 Å². The Balaban J connectivity index is 1.51. The van der Waals surface area contributed by atoms with Crippen LogP contribution in [0.4, 0.5) is 5.69 Å². The lowest BCUT2D eigenvalue weighted by molar-refractivity contribution is -0.129. The van der Waals surface area contributed by atoms with Crippen LogP contribution in [0.3, 0.4) is 0 Å². The molecule has 176 valence electrons. The number of rotatable bonds is 8. The van der Waals surface area contributed by atoms with E-state index in [0.717, 1.165) is 27.9 Å². The van der Waals surface area contributed by atoms with Crippen LogP contribution in [0.15, 0.2) is 109 Å². The van der Waals surface area contributed by atoms with Gasteiger partial charge in [0.2, 0.25) is 5.91 Å². The minimum Gasteiger partial charge on any atom is -0.341 e. The predicted molar refractivity (Wildman–Crippen MR) is 141 cm³/mol. The molecule has 0 saturated heterocycles. The molecule has 0 spiro atoms. The van der Waals surface area contributed by atoms with Gasteiger partial charge in [0.25, 0.3) is 5.91 Å². The van der Waals surface area contributed by atoms with E-state index >= 15 is 0 Å². The molecular weight excluding hydrogens is 432 g/mol. The minimum atomic E-state index is -0.0569. The van der Waals surface area contributed by atoms with E-state index in [1.54, 1.807) is 9.80 Å². The quantitative estimate of drug-likeness (QED) is 0.320. The van der Waals surface area contributed by atoms with E-state index < -0.39 is 0 Å². The van der Waals surface area contributed by atoms with Crippen molar-refractivity contribution in [2.75, 3.05) is 11.9 Å². The molecule has 0 N–H and O–H groups in total. The first-order chi connectivity index (χ1) is 17.0. The number of benzene rings is 4. The molecule has 0 atom stereocenters. The molecule has 0 bridgehead atoms. The fourth-order valence-corrected chi connectivity index (χ4v) is 4.06. The Bertz CT molecular complexity index is 1270. The fourth-order valence-electron chi connectivity index (χ4n) is 4.06. The average molecular weight is 463 g/mol. The van der Waals surface area contributed by atoms with Crippen molar-refractivity contribution < 1.29 is 9.59 Å². The van der Waals surface area contributed by atoms with E-state index in [1.807, 2.05) is 117 Å². The van der Waals surface area contributed by atoms with Gasteiger partial charge in [-0.2, -0.15) is 0 Å². The van der Waals surface area contributed by atoms with Crippen molar-refractivity contribution >= 4 is 17.5 Å². The van der Waals surface area contributed by atoms with E-state index in [0.29, 0.717) is 25.1 Å². The lowest BCUT2D eigenvalue weighted by Crippen LogP contribution is -2.30. The van der Waals surface area contributed by atoms with E-state index in [4.69, 9.17) is 0 Å². The molecule has 2 amide bonds. The number of likely N-dealkylation sites (N-methyl/N-ethyl adjacent to an activating group) is 1. The molecule has 4 aromatic carbocycles. The van der Waals surface area contributed by atoms with Crippen LogP contribution < -0.4 is 4.90 Å². The molecule has 4 rings (SSSR count). The summed E-state index contributed by atoms with van der Waals surface area (Å²) in [5.41, 5.74) is 5.68. The Morgan fingerprint density at radius 2 is 1.29 bits per heavy atom. The number of hydrogen-bond donors (Lipinski definition) is 0. The van der Waals surface area contributed by atoms with E-state index in [-0.39, 0.29) is 11.8 Å². The van der Waals surface area contributed by atoms with Crippen molar-refractivity contribution in [2.24, 2.45) is 0 Å². The molecular formula is C31H30N2O2. The highest BCUT2D eigenvalue weighted by Crippen LogP contribution is 2.22. The van der Waals surface area contributed by atoms with Crippen molar-refractivity contribution in [1.82, 2.24) is 4.90 Å². The van der Waals surface area contributed by atoms with Crippen LogP contribution in [0.5, 0.6) is 0 Å². The molecule has 0 aromatic heterocycles. The van der Waals surface area contributed by atoms with Gasteiger partial charge in [-0.1, -0.05) is 90.5 Å². The van der Waals surface area contributed by atoms with Crippen LogP contribution >= 0.6 is 0 Å². The van der Waals surface area contributed by atoms with Crippen molar-refractivity contribution in [3.63, 3.8) is 0 Å². The third-order valence-corrected chi connectivity index (χ3v) is 5.98. The SMILES string of the molecule is Cc1cccc(CN(C(=O)c2ccccc2)c2ccc(CC(=O)N(C)Cc3ccccc3)cc2)c1. The first-order valence-electron chi connectivity index (χ1n) is 11.8. The lowest BCUT2D eigenvalue weighted by Gasteiger charge is -2.24. The highest BCUT2D eigenvalue weighted by atomic mass is 16.2. The number of amides is 2. The van der Waals surface area contributed by atoms with Gasteiger partial charge in [0, 0.05) is 24.8 Å². The zero-order chi connectivity index (χ0) is 24.6. The normalized spacial score (nSPS) is 10.6. The summed E-state index contributed by atoms with van der Waals surface area (Å²) in [7, 11) is 1.83. The van der Waals surface area contributed by atoms with Crippen molar-refractivity contribution in [3.05, 3.63) is 137 Å².